The van der Waals surface area contributed by atoms with Gasteiger partial charge in [0, 0.05) is 23.7 Å². The highest BCUT2D eigenvalue weighted by Crippen LogP contribution is 2.30. The van der Waals surface area contributed by atoms with Crippen molar-refractivity contribution in [3.63, 3.8) is 0 Å². The molecule has 4 nitrogen and oxygen atoms in total. The van der Waals surface area contributed by atoms with Crippen molar-refractivity contribution in [3.05, 3.63) is 62.9 Å². The molecule has 0 bridgehead atoms. The van der Waals surface area contributed by atoms with Gasteiger partial charge < -0.3 is 9.30 Å². The molecule has 0 spiro atoms. The smallest absolute Gasteiger partial charge is 0.380 e. The van der Waals surface area contributed by atoms with E-state index < -0.39 is 17.6 Å². The zero-order chi connectivity index (χ0) is 21.2. The molecule has 1 amide bonds. The van der Waals surface area contributed by atoms with Crippen LogP contribution in [-0.4, -0.2) is 23.7 Å². The van der Waals surface area contributed by atoms with Crippen LogP contribution in [0.3, 0.4) is 0 Å². The molecule has 0 aliphatic rings. The summed E-state index contributed by atoms with van der Waals surface area (Å²) >= 11 is 7.52. The molecule has 9 heteroatoms. The van der Waals surface area contributed by atoms with E-state index in [1.54, 1.807) is 6.07 Å². The summed E-state index contributed by atoms with van der Waals surface area (Å²) in [5, 5.41) is 0.580. The third-order valence-corrected chi connectivity index (χ3v) is 5.78. The van der Waals surface area contributed by atoms with Crippen LogP contribution in [0.25, 0.3) is 10.2 Å². The first-order chi connectivity index (χ1) is 13.7. The van der Waals surface area contributed by atoms with Crippen LogP contribution < -0.4 is 4.80 Å². The van der Waals surface area contributed by atoms with E-state index in [1.807, 2.05) is 24.5 Å². The fourth-order valence-corrected chi connectivity index (χ4v) is 4.15. The number of amides is 1. The van der Waals surface area contributed by atoms with Gasteiger partial charge in [-0.3, -0.25) is 4.79 Å². The van der Waals surface area contributed by atoms with Gasteiger partial charge >= 0.3 is 6.18 Å². The molecule has 3 rings (SSSR count). The molecule has 0 N–H and O–H groups in total. The molecule has 0 aliphatic carbocycles. The maximum atomic E-state index is 12.9. The highest BCUT2D eigenvalue weighted by Gasteiger charge is 2.30. The molecule has 3 aromatic rings. The predicted molar refractivity (Wildman–Crippen MR) is 107 cm³/mol. The molecule has 0 fully saturated rings. The van der Waals surface area contributed by atoms with Gasteiger partial charge in [0.25, 0.3) is 5.91 Å². The Bertz CT molecular complexity index is 1120. The molecular weight excluding hydrogens is 425 g/mol. The van der Waals surface area contributed by atoms with Gasteiger partial charge in [-0.15, -0.1) is 0 Å². The van der Waals surface area contributed by atoms with Gasteiger partial charge in [0.15, 0.2) is 4.80 Å². The lowest BCUT2D eigenvalue weighted by Crippen LogP contribution is -2.20. The molecule has 0 saturated carbocycles. The first-order valence-corrected chi connectivity index (χ1v) is 10.0. The summed E-state index contributed by atoms with van der Waals surface area (Å²) in [6.45, 7) is 5.12. The summed E-state index contributed by atoms with van der Waals surface area (Å²) in [5.74, 6) is -0.739. The van der Waals surface area contributed by atoms with E-state index in [2.05, 4.69) is 4.99 Å². The van der Waals surface area contributed by atoms with Crippen molar-refractivity contribution < 1.29 is 22.7 Å². The Labute approximate surface area is 174 Å². The van der Waals surface area contributed by atoms with Crippen molar-refractivity contribution in [2.45, 2.75) is 26.6 Å². The van der Waals surface area contributed by atoms with E-state index >= 15 is 0 Å². The number of aromatic nitrogens is 1. The second-order valence-corrected chi connectivity index (χ2v) is 7.66. The number of aryl methyl sites for hydroxylation is 1. The van der Waals surface area contributed by atoms with Crippen LogP contribution in [0.15, 0.2) is 41.4 Å². The van der Waals surface area contributed by atoms with Gasteiger partial charge in [-0.25, -0.2) is 0 Å². The zero-order valence-corrected chi connectivity index (χ0v) is 17.3. The van der Waals surface area contributed by atoms with E-state index in [9.17, 15) is 18.0 Å². The Hall–Kier alpha value is -2.16. The van der Waals surface area contributed by atoms with Gasteiger partial charge in [-0.1, -0.05) is 29.0 Å². The molecule has 0 radical (unpaired) electrons. The molecule has 0 aliphatic heterocycles. The first-order valence-electron chi connectivity index (χ1n) is 8.85. The molecule has 0 saturated heterocycles. The minimum Gasteiger partial charge on any atom is -0.380 e. The molecule has 29 heavy (non-hydrogen) atoms. The molecule has 154 valence electrons. The van der Waals surface area contributed by atoms with Gasteiger partial charge in [0.2, 0.25) is 0 Å². The normalized spacial score (nSPS) is 12.7. The number of hydrogen-bond acceptors (Lipinski definition) is 3. The van der Waals surface area contributed by atoms with E-state index in [-0.39, 0.29) is 5.56 Å². The lowest BCUT2D eigenvalue weighted by Gasteiger charge is -2.08. The SMILES string of the molecule is CCOCCn1c(=NC(=O)c2cccc(C(F)(F)F)c2)sc2ccc(Cl)c(C)c21. The van der Waals surface area contributed by atoms with Crippen molar-refractivity contribution in [2.24, 2.45) is 4.99 Å². The molecule has 0 atom stereocenters. The maximum absolute atomic E-state index is 12.9. The Balaban J connectivity index is 2.10. The molecule has 0 unspecified atom stereocenters. The van der Waals surface area contributed by atoms with Crippen LogP contribution >= 0.6 is 22.9 Å². The second-order valence-electron chi connectivity index (χ2n) is 6.25. The van der Waals surface area contributed by atoms with Gasteiger partial charge in [-0.05, 0) is 49.7 Å². The van der Waals surface area contributed by atoms with Crippen LogP contribution in [0.1, 0.15) is 28.4 Å². The fraction of sp³-hybridized carbons (Fsp3) is 0.300. The highest BCUT2D eigenvalue weighted by molar-refractivity contribution is 7.16. The van der Waals surface area contributed by atoms with Gasteiger partial charge in [0.05, 0.1) is 22.4 Å². The summed E-state index contributed by atoms with van der Waals surface area (Å²) in [6.07, 6.45) is -4.53. The number of benzene rings is 2. The summed E-state index contributed by atoms with van der Waals surface area (Å²) in [7, 11) is 0. The summed E-state index contributed by atoms with van der Waals surface area (Å²) in [6, 6.07) is 7.85. The van der Waals surface area contributed by atoms with Gasteiger partial charge in [-0.2, -0.15) is 18.2 Å². The van der Waals surface area contributed by atoms with E-state index in [0.717, 1.165) is 27.9 Å². The van der Waals surface area contributed by atoms with Crippen molar-refractivity contribution in [1.82, 2.24) is 4.57 Å². The Morgan fingerprint density at radius 3 is 2.72 bits per heavy atom. The summed E-state index contributed by atoms with van der Waals surface area (Å²) < 4.78 is 47.0. The predicted octanol–water partition coefficient (Wildman–Crippen LogP) is 5.46. The number of carbonyl (C=O) groups excluding carboxylic acids is 1. The molecule has 1 heterocycles. The highest BCUT2D eigenvalue weighted by atomic mass is 35.5. The average molecular weight is 443 g/mol. The van der Waals surface area contributed by atoms with E-state index in [4.69, 9.17) is 16.3 Å². The zero-order valence-electron chi connectivity index (χ0n) is 15.7. The first kappa shape index (κ1) is 21.5. The van der Waals surface area contributed by atoms with Crippen LogP contribution in [0, 0.1) is 6.92 Å². The van der Waals surface area contributed by atoms with Crippen molar-refractivity contribution in [1.29, 1.82) is 0 Å². The van der Waals surface area contributed by atoms with Crippen molar-refractivity contribution in [2.75, 3.05) is 13.2 Å². The Morgan fingerprint density at radius 2 is 2.03 bits per heavy atom. The quantitative estimate of drug-likeness (QED) is 0.492. The number of carbonyl (C=O) groups is 1. The van der Waals surface area contributed by atoms with Crippen molar-refractivity contribution in [3.8, 4) is 0 Å². The second kappa shape index (κ2) is 8.69. The lowest BCUT2D eigenvalue weighted by molar-refractivity contribution is -0.137. The fourth-order valence-electron chi connectivity index (χ4n) is 2.89. The number of hydrogen-bond donors (Lipinski definition) is 0. The third-order valence-electron chi connectivity index (χ3n) is 4.33. The van der Waals surface area contributed by atoms with E-state index in [1.165, 1.54) is 23.5 Å². The van der Waals surface area contributed by atoms with Crippen LogP contribution in [0.2, 0.25) is 5.02 Å². The molecule has 1 aromatic heterocycles. The molecule has 2 aromatic carbocycles. The standard InChI is InChI=1S/C20H18ClF3N2O2S/c1-3-28-10-9-26-17-12(2)15(21)7-8-16(17)29-19(26)25-18(27)13-5-4-6-14(11-13)20(22,23)24/h4-8,11H,3,9-10H2,1-2H3. The average Bonchev–Trinajstić information content (AvgIpc) is 3.02. The third kappa shape index (κ3) is 4.71. The number of ether oxygens (including phenoxy) is 1. The lowest BCUT2D eigenvalue weighted by atomic mass is 10.1. The van der Waals surface area contributed by atoms with Gasteiger partial charge in [0.1, 0.15) is 0 Å². The number of rotatable bonds is 5. The Kier molecular flexibility index (Phi) is 6.45. The minimum absolute atomic E-state index is 0.122. The number of nitrogens with zero attached hydrogens (tertiary/aromatic N) is 2. The van der Waals surface area contributed by atoms with E-state index in [0.29, 0.717) is 29.6 Å². The number of thiazole rings is 1. The van der Waals surface area contributed by atoms with Crippen molar-refractivity contribution >= 4 is 39.1 Å². The number of alkyl halides is 3. The minimum atomic E-state index is -4.53. The van der Waals surface area contributed by atoms with Crippen LogP contribution in [0.5, 0.6) is 0 Å². The monoisotopic (exact) mass is 442 g/mol. The molecular formula is C20H18ClF3N2O2S. The number of fused-ring (bicyclic) bond motifs is 1. The number of halogens is 4. The Morgan fingerprint density at radius 1 is 1.28 bits per heavy atom. The largest absolute Gasteiger partial charge is 0.416 e. The summed E-state index contributed by atoms with van der Waals surface area (Å²) in [4.78, 5) is 17.1. The summed E-state index contributed by atoms with van der Waals surface area (Å²) in [5.41, 5.74) is 0.660. The maximum Gasteiger partial charge on any atom is 0.416 e. The van der Waals surface area contributed by atoms with Crippen LogP contribution in [-0.2, 0) is 17.5 Å². The topological polar surface area (TPSA) is 43.6 Å². The van der Waals surface area contributed by atoms with Crippen LogP contribution in [0.4, 0.5) is 13.2 Å².